The van der Waals surface area contributed by atoms with Crippen LogP contribution >= 0.6 is 11.6 Å². The predicted octanol–water partition coefficient (Wildman–Crippen LogP) is 4.42. The highest BCUT2D eigenvalue weighted by molar-refractivity contribution is 6.29. The van der Waals surface area contributed by atoms with Crippen LogP contribution in [0.4, 0.5) is 4.79 Å². The Morgan fingerprint density at radius 2 is 1.93 bits per heavy atom. The van der Waals surface area contributed by atoms with Crippen LogP contribution in [0.1, 0.15) is 55.1 Å². The molecular formula is C23H27ClN2O4. The number of fused-ring (bicyclic) bond motifs is 1. The van der Waals surface area contributed by atoms with Crippen molar-refractivity contribution >= 4 is 23.5 Å². The Bertz CT molecular complexity index is 908. The summed E-state index contributed by atoms with van der Waals surface area (Å²) < 4.78 is 5.57. The number of ether oxygens (including phenoxy) is 1. The van der Waals surface area contributed by atoms with Gasteiger partial charge in [0, 0.05) is 24.7 Å². The molecule has 0 spiro atoms. The quantitative estimate of drug-likeness (QED) is 0.561. The molecule has 1 aliphatic heterocycles. The molecule has 6 nitrogen and oxygen atoms in total. The maximum Gasteiger partial charge on any atom is 0.410 e. The van der Waals surface area contributed by atoms with E-state index in [2.05, 4.69) is 4.98 Å². The molecule has 7 heteroatoms. The third kappa shape index (κ3) is 5.58. The molecule has 0 saturated carbocycles. The van der Waals surface area contributed by atoms with Gasteiger partial charge < -0.3 is 9.84 Å². The van der Waals surface area contributed by atoms with Gasteiger partial charge in [0.25, 0.3) is 0 Å². The highest BCUT2D eigenvalue weighted by atomic mass is 35.5. The summed E-state index contributed by atoms with van der Waals surface area (Å²) in [5.74, 6) is -0.127. The average Bonchev–Trinajstić information content (AvgIpc) is 2.70. The molecule has 1 aromatic carbocycles. The Kier molecular flexibility index (Phi) is 6.78. The molecule has 2 heterocycles. The maximum absolute atomic E-state index is 12.8. The minimum atomic E-state index is -0.866. The average molecular weight is 431 g/mol. The minimum absolute atomic E-state index is 0.127. The number of aliphatic hydroxyl groups excluding tert-OH is 1. The number of benzene rings is 1. The Morgan fingerprint density at radius 1 is 1.23 bits per heavy atom. The van der Waals surface area contributed by atoms with Crippen LogP contribution < -0.4 is 0 Å². The zero-order valence-corrected chi connectivity index (χ0v) is 18.2. The van der Waals surface area contributed by atoms with E-state index < -0.39 is 23.8 Å². The summed E-state index contributed by atoms with van der Waals surface area (Å²) in [6.07, 6.45) is 0.983. The van der Waals surface area contributed by atoms with Gasteiger partial charge in [-0.2, -0.15) is 0 Å². The Morgan fingerprint density at radius 3 is 2.57 bits per heavy atom. The van der Waals surface area contributed by atoms with Gasteiger partial charge in [0.1, 0.15) is 10.8 Å². The highest BCUT2D eigenvalue weighted by Crippen LogP contribution is 2.28. The number of nitrogens with zero attached hydrogens (tertiary/aromatic N) is 2. The van der Waals surface area contributed by atoms with Gasteiger partial charge in [0.05, 0.1) is 12.1 Å². The summed E-state index contributed by atoms with van der Waals surface area (Å²) in [6, 6.07) is 10.6. The normalized spacial score (nSPS) is 17.2. The van der Waals surface area contributed by atoms with Crippen LogP contribution in [0.3, 0.4) is 0 Å². The van der Waals surface area contributed by atoms with E-state index in [1.165, 1.54) is 6.20 Å². The van der Waals surface area contributed by atoms with Crippen molar-refractivity contribution in [2.45, 2.75) is 64.3 Å². The molecule has 0 aliphatic carbocycles. The van der Waals surface area contributed by atoms with Gasteiger partial charge in [0.2, 0.25) is 0 Å². The molecule has 1 aromatic heterocycles. The highest BCUT2D eigenvalue weighted by Gasteiger charge is 2.36. The maximum atomic E-state index is 12.8. The van der Waals surface area contributed by atoms with E-state index in [0.717, 1.165) is 11.1 Å². The third-order valence-electron chi connectivity index (χ3n) is 5.08. The molecule has 160 valence electrons. The van der Waals surface area contributed by atoms with Gasteiger partial charge in [-0.1, -0.05) is 35.9 Å². The van der Waals surface area contributed by atoms with E-state index in [1.54, 1.807) is 17.0 Å². The summed E-state index contributed by atoms with van der Waals surface area (Å²) in [4.78, 5) is 30.8. The number of halogens is 1. The first-order chi connectivity index (χ1) is 14.1. The molecule has 30 heavy (non-hydrogen) atoms. The molecule has 2 atom stereocenters. The lowest BCUT2D eigenvalue weighted by molar-refractivity contribution is -0.0135. The zero-order valence-electron chi connectivity index (χ0n) is 17.5. The number of carbonyl (C=O) groups excluding carboxylic acids is 2. The van der Waals surface area contributed by atoms with E-state index in [9.17, 15) is 14.7 Å². The number of aliphatic hydroxyl groups is 1. The van der Waals surface area contributed by atoms with Crippen LogP contribution in [0, 0.1) is 0 Å². The van der Waals surface area contributed by atoms with Crippen LogP contribution in [0.15, 0.2) is 42.6 Å². The first kappa shape index (κ1) is 22.2. The largest absolute Gasteiger partial charge is 0.444 e. The van der Waals surface area contributed by atoms with Gasteiger partial charge in [-0.3, -0.25) is 9.69 Å². The standard InChI is InChI=1S/C23H27ClN2O4/c1-23(2,3)30-22(29)26-14-17-7-5-4-6-15(17)12-18(26)20(28)10-9-19(27)16-8-11-21(24)25-13-16/h4-8,11,13,18,20,28H,9-10,12,14H2,1-3H3/t18-,20+/m0/s1. The van der Waals surface area contributed by atoms with Crippen LogP contribution in [0.5, 0.6) is 0 Å². The van der Waals surface area contributed by atoms with Crippen molar-refractivity contribution in [2.24, 2.45) is 0 Å². The second kappa shape index (κ2) is 9.14. The zero-order chi connectivity index (χ0) is 21.9. The Balaban J connectivity index is 1.73. The fraction of sp³-hybridized carbons (Fsp3) is 0.435. The number of rotatable bonds is 5. The fourth-order valence-corrected chi connectivity index (χ4v) is 3.68. The fourth-order valence-electron chi connectivity index (χ4n) is 3.57. The van der Waals surface area contributed by atoms with Crippen molar-refractivity contribution in [1.82, 2.24) is 9.88 Å². The van der Waals surface area contributed by atoms with Crippen molar-refractivity contribution in [3.05, 3.63) is 64.4 Å². The molecule has 0 radical (unpaired) electrons. The first-order valence-electron chi connectivity index (χ1n) is 10.0. The minimum Gasteiger partial charge on any atom is -0.444 e. The van der Waals surface area contributed by atoms with E-state index in [0.29, 0.717) is 23.7 Å². The van der Waals surface area contributed by atoms with Crippen LogP contribution in [0.25, 0.3) is 0 Å². The second-order valence-electron chi connectivity index (χ2n) is 8.55. The van der Waals surface area contributed by atoms with Crippen molar-refractivity contribution in [3.8, 4) is 0 Å². The number of pyridine rings is 1. The lowest BCUT2D eigenvalue weighted by atomic mass is 9.89. The topological polar surface area (TPSA) is 79.7 Å². The second-order valence-corrected chi connectivity index (χ2v) is 8.93. The SMILES string of the molecule is CC(C)(C)OC(=O)N1Cc2ccccc2C[C@H]1[C@H](O)CCC(=O)c1ccc(Cl)nc1. The van der Waals surface area contributed by atoms with Crippen LogP contribution in [0.2, 0.25) is 5.15 Å². The Hall–Kier alpha value is -2.44. The van der Waals surface area contributed by atoms with Gasteiger partial charge in [-0.25, -0.2) is 9.78 Å². The molecule has 1 N–H and O–H groups in total. The summed E-state index contributed by atoms with van der Waals surface area (Å²) in [5, 5.41) is 11.2. The van der Waals surface area contributed by atoms with E-state index in [1.807, 2.05) is 45.0 Å². The smallest absolute Gasteiger partial charge is 0.410 e. The van der Waals surface area contributed by atoms with Crippen LogP contribution in [-0.2, 0) is 17.7 Å². The molecule has 0 bridgehead atoms. The molecule has 1 aliphatic rings. The summed E-state index contributed by atoms with van der Waals surface area (Å²) in [5.41, 5.74) is 1.94. The van der Waals surface area contributed by atoms with Crippen molar-refractivity contribution in [3.63, 3.8) is 0 Å². The van der Waals surface area contributed by atoms with Gasteiger partial charge in [0.15, 0.2) is 5.78 Å². The number of hydrogen-bond donors (Lipinski definition) is 1. The third-order valence-corrected chi connectivity index (χ3v) is 5.30. The van der Waals surface area contributed by atoms with Crippen molar-refractivity contribution in [2.75, 3.05) is 0 Å². The first-order valence-corrected chi connectivity index (χ1v) is 10.4. The van der Waals surface area contributed by atoms with Crippen LogP contribution in [-0.4, -0.2) is 44.6 Å². The Labute approximate surface area is 181 Å². The molecule has 2 aromatic rings. The number of Topliss-reactive ketones (excluding diaryl/α,β-unsaturated/α-hetero) is 1. The number of aromatic nitrogens is 1. The number of carbonyl (C=O) groups is 2. The lowest BCUT2D eigenvalue weighted by Gasteiger charge is -2.40. The molecule has 3 rings (SSSR count). The molecular weight excluding hydrogens is 404 g/mol. The van der Waals surface area contributed by atoms with Gasteiger partial charge in [-0.05, 0) is 56.9 Å². The number of ketones is 1. The van der Waals surface area contributed by atoms with Gasteiger partial charge >= 0.3 is 6.09 Å². The molecule has 0 unspecified atom stereocenters. The summed E-state index contributed by atoms with van der Waals surface area (Å²) in [6.45, 7) is 5.80. The van der Waals surface area contributed by atoms with Crippen molar-refractivity contribution < 1.29 is 19.4 Å². The van der Waals surface area contributed by atoms with Gasteiger partial charge in [-0.15, -0.1) is 0 Å². The van der Waals surface area contributed by atoms with Crippen molar-refractivity contribution in [1.29, 1.82) is 0 Å². The molecule has 0 saturated heterocycles. The van der Waals surface area contributed by atoms with E-state index in [4.69, 9.17) is 16.3 Å². The molecule has 1 amide bonds. The summed E-state index contributed by atoms with van der Waals surface area (Å²) in [7, 11) is 0. The predicted molar refractivity (Wildman–Crippen MR) is 115 cm³/mol. The monoisotopic (exact) mass is 430 g/mol. The number of hydrogen-bond acceptors (Lipinski definition) is 5. The van der Waals surface area contributed by atoms with E-state index in [-0.39, 0.29) is 18.6 Å². The lowest BCUT2D eigenvalue weighted by Crippen LogP contribution is -2.51. The number of amides is 1. The van der Waals surface area contributed by atoms with E-state index >= 15 is 0 Å². The molecule has 0 fully saturated rings. The summed E-state index contributed by atoms with van der Waals surface area (Å²) >= 11 is 5.77.